The third-order valence-electron chi connectivity index (χ3n) is 4.64. The van der Waals surface area contributed by atoms with Crippen LogP contribution >= 0.6 is 0 Å². The van der Waals surface area contributed by atoms with Crippen LogP contribution in [0, 0.1) is 42.2 Å². The van der Waals surface area contributed by atoms with Gasteiger partial charge < -0.3 is 10.6 Å². The summed E-state index contributed by atoms with van der Waals surface area (Å²) in [6.45, 7) is 7.42. The van der Waals surface area contributed by atoms with Crippen molar-refractivity contribution in [2.45, 2.75) is 27.6 Å². The van der Waals surface area contributed by atoms with E-state index in [4.69, 9.17) is 5.26 Å². The summed E-state index contributed by atoms with van der Waals surface area (Å²) >= 11 is 0. The molecule has 0 fully saturated rings. The molecule has 0 aliphatic carbocycles. The lowest BCUT2D eigenvalue weighted by Crippen LogP contribution is -2.14. The summed E-state index contributed by atoms with van der Waals surface area (Å²) < 4.78 is 0. The number of anilines is 4. The molecule has 3 rings (SSSR count). The highest BCUT2D eigenvalue weighted by Gasteiger charge is 2.23. The van der Waals surface area contributed by atoms with Crippen LogP contribution in [0.2, 0.25) is 6.82 Å². The Morgan fingerprint density at radius 1 is 1.07 bits per heavy atom. The number of hydrogen-bond donors (Lipinski definition) is 2. The molecule has 0 aliphatic heterocycles. The number of aromatic nitrogens is 2. The number of nitro groups is 1. The van der Waals surface area contributed by atoms with E-state index in [1.807, 2.05) is 40.1 Å². The second kappa shape index (κ2) is 8.61. The number of nitrogens with one attached hydrogen (secondary N) is 2. The summed E-state index contributed by atoms with van der Waals surface area (Å²) in [5.74, 6) is 0.335. The molecule has 8 nitrogen and oxygen atoms in total. The molecule has 0 atom stereocenters. The Morgan fingerprint density at radius 2 is 1.70 bits per heavy atom. The van der Waals surface area contributed by atoms with Gasteiger partial charge in [-0.2, -0.15) is 10.2 Å². The van der Waals surface area contributed by atoms with Gasteiger partial charge in [-0.05, 0) is 56.2 Å². The maximum Gasteiger partial charge on any atom is 0.332 e. The first-order valence-corrected chi connectivity index (χ1v) is 9.30. The topological polar surface area (TPSA) is 117 Å². The summed E-state index contributed by atoms with van der Waals surface area (Å²) in [6.07, 6.45) is 0. The summed E-state index contributed by atoms with van der Waals surface area (Å²) in [5.41, 5.74) is 5.02. The average molecular weight is 399 g/mol. The molecule has 1 radical (unpaired) electrons. The van der Waals surface area contributed by atoms with Crippen molar-refractivity contribution in [1.82, 2.24) is 9.97 Å². The van der Waals surface area contributed by atoms with Gasteiger partial charge in [0.2, 0.25) is 11.8 Å². The van der Waals surface area contributed by atoms with E-state index in [2.05, 4.69) is 26.7 Å². The van der Waals surface area contributed by atoms with Gasteiger partial charge in [0.05, 0.1) is 16.6 Å². The van der Waals surface area contributed by atoms with Crippen molar-refractivity contribution in [1.29, 1.82) is 5.26 Å². The van der Waals surface area contributed by atoms with Crippen molar-refractivity contribution in [2.75, 3.05) is 10.6 Å². The maximum atomic E-state index is 11.7. The molecule has 2 aromatic carbocycles. The van der Waals surface area contributed by atoms with E-state index in [-0.39, 0.29) is 23.1 Å². The Hall–Kier alpha value is -3.93. The number of hydrogen-bond acceptors (Lipinski definition) is 7. The predicted octanol–water partition coefficient (Wildman–Crippen LogP) is 4.05. The Labute approximate surface area is 175 Å². The van der Waals surface area contributed by atoms with Crippen LogP contribution in [-0.4, -0.2) is 22.2 Å². The summed E-state index contributed by atoms with van der Waals surface area (Å²) in [5, 5.41) is 26.8. The second-order valence-electron chi connectivity index (χ2n) is 6.84. The third kappa shape index (κ3) is 4.38. The fourth-order valence-electron chi connectivity index (χ4n) is 3.17. The SMILES string of the molecule is C[B]c1cc(C)c(Nc2nc(Nc3ccc(C#N)cc3)nc(C)c2[N+](=O)[O-])c(C)c1. The third-order valence-corrected chi connectivity index (χ3v) is 4.64. The highest BCUT2D eigenvalue weighted by Crippen LogP contribution is 2.32. The van der Waals surface area contributed by atoms with E-state index in [1.165, 1.54) is 0 Å². The molecular formula is C21H20BN6O2. The summed E-state index contributed by atoms with van der Waals surface area (Å²) in [4.78, 5) is 19.8. The summed E-state index contributed by atoms with van der Waals surface area (Å²) in [6, 6.07) is 12.8. The monoisotopic (exact) mass is 399 g/mol. The van der Waals surface area contributed by atoms with Crippen LogP contribution in [0.1, 0.15) is 22.4 Å². The predicted molar refractivity (Wildman–Crippen MR) is 118 cm³/mol. The molecule has 0 saturated heterocycles. The lowest BCUT2D eigenvalue weighted by Gasteiger charge is -2.15. The molecular weight excluding hydrogens is 379 g/mol. The van der Waals surface area contributed by atoms with Gasteiger partial charge in [0.25, 0.3) is 0 Å². The quantitative estimate of drug-likeness (QED) is 0.365. The first kappa shape index (κ1) is 20.8. The Bertz CT molecular complexity index is 1130. The molecule has 0 unspecified atom stereocenters. The number of nitrogens with zero attached hydrogens (tertiary/aromatic N) is 4. The number of nitriles is 1. The minimum Gasteiger partial charge on any atom is -0.334 e. The zero-order valence-electron chi connectivity index (χ0n) is 17.1. The molecule has 0 bridgehead atoms. The second-order valence-corrected chi connectivity index (χ2v) is 6.84. The van der Waals surface area contributed by atoms with Gasteiger partial charge in [0, 0.05) is 11.4 Å². The van der Waals surface area contributed by atoms with Crippen molar-refractivity contribution in [3.8, 4) is 6.07 Å². The van der Waals surface area contributed by atoms with Crippen LogP contribution in [0.5, 0.6) is 0 Å². The fraction of sp³-hybridized carbons (Fsp3) is 0.190. The van der Waals surface area contributed by atoms with Crippen molar-refractivity contribution in [2.24, 2.45) is 0 Å². The molecule has 1 aromatic heterocycles. The Kier molecular flexibility index (Phi) is 5.97. The van der Waals surface area contributed by atoms with Crippen LogP contribution < -0.4 is 16.1 Å². The van der Waals surface area contributed by atoms with Crippen LogP contribution in [0.15, 0.2) is 36.4 Å². The smallest absolute Gasteiger partial charge is 0.332 e. The molecule has 149 valence electrons. The largest absolute Gasteiger partial charge is 0.334 e. The van der Waals surface area contributed by atoms with Crippen molar-refractivity contribution in [3.63, 3.8) is 0 Å². The molecule has 9 heteroatoms. The standard InChI is InChI=1S/C21H20BN6O2/c1-12-9-16(22-4)10-13(2)18(12)26-20-19(28(29)30)14(3)24-21(27-20)25-17-7-5-15(11-23)6-8-17/h5-10H,1-4H3,(H2,24,25,26,27). The minimum absolute atomic E-state index is 0.114. The zero-order valence-corrected chi connectivity index (χ0v) is 17.1. The number of aryl methyl sites for hydroxylation is 3. The van der Waals surface area contributed by atoms with Crippen molar-refractivity contribution in [3.05, 3.63) is 68.9 Å². The van der Waals surface area contributed by atoms with E-state index in [1.54, 1.807) is 31.2 Å². The first-order chi connectivity index (χ1) is 14.3. The zero-order chi connectivity index (χ0) is 21.8. The molecule has 0 amide bonds. The minimum atomic E-state index is -0.484. The van der Waals surface area contributed by atoms with E-state index < -0.39 is 4.92 Å². The van der Waals surface area contributed by atoms with Gasteiger partial charge in [0.1, 0.15) is 13.0 Å². The lowest BCUT2D eigenvalue weighted by molar-refractivity contribution is -0.385. The molecule has 1 heterocycles. The van der Waals surface area contributed by atoms with Gasteiger partial charge in [-0.15, -0.1) is 0 Å². The Morgan fingerprint density at radius 3 is 2.23 bits per heavy atom. The van der Waals surface area contributed by atoms with E-state index in [9.17, 15) is 10.1 Å². The van der Waals surface area contributed by atoms with E-state index in [0.29, 0.717) is 11.3 Å². The van der Waals surface area contributed by atoms with Crippen LogP contribution in [0.4, 0.5) is 28.8 Å². The Balaban J connectivity index is 2.02. The highest BCUT2D eigenvalue weighted by molar-refractivity contribution is 6.52. The van der Waals surface area contributed by atoms with Gasteiger partial charge in [-0.25, -0.2) is 4.98 Å². The van der Waals surface area contributed by atoms with Gasteiger partial charge in [0.15, 0.2) is 0 Å². The molecule has 2 N–H and O–H groups in total. The van der Waals surface area contributed by atoms with Crippen LogP contribution in [0.3, 0.4) is 0 Å². The van der Waals surface area contributed by atoms with Gasteiger partial charge in [-0.1, -0.05) is 24.4 Å². The maximum absolute atomic E-state index is 11.7. The molecule has 0 saturated carbocycles. The van der Waals surface area contributed by atoms with Crippen LogP contribution in [0.25, 0.3) is 0 Å². The number of rotatable bonds is 6. The first-order valence-electron chi connectivity index (χ1n) is 9.30. The van der Waals surface area contributed by atoms with Gasteiger partial charge in [-0.3, -0.25) is 10.1 Å². The number of benzene rings is 2. The molecule has 0 spiro atoms. The average Bonchev–Trinajstić information content (AvgIpc) is 2.70. The highest BCUT2D eigenvalue weighted by atomic mass is 16.6. The summed E-state index contributed by atoms with van der Waals surface area (Å²) in [7, 11) is 2.00. The van der Waals surface area contributed by atoms with E-state index >= 15 is 0 Å². The lowest BCUT2D eigenvalue weighted by atomic mass is 9.72. The van der Waals surface area contributed by atoms with Crippen molar-refractivity contribution < 1.29 is 4.92 Å². The van der Waals surface area contributed by atoms with Gasteiger partial charge >= 0.3 is 5.69 Å². The van der Waals surface area contributed by atoms with E-state index in [0.717, 1.165) is 22.3 Å². The van der Waals surface area contributed by atoms with Crippen molar-refractivity contribution >= 4 is 41.6 Å². The fourth-order valence-corrected chi connectivity index (χ4v) is 3.17. The molecule has 0 aliphatic rings. The molecule has 3 aromatic rings. The molecule has 30 heavy (non-hydrogen) atoms. The van der Waals surface area contributed by atoms with Crippen LogP contribution in [-0.2, 0) is 0 Å². The normalized spacial score (nSPS) is 10.2.